The lowest BCUT2D eigenvalue weighted by Gasteiger charge is -2.15. The maximum absolute atomic E-state index is 12.8. The minimum Gasteiger partial charge on any atom is -0.497 e. The van der Waals surface area contributed by atoms with E-state index >= 15 is 0 Å². The molecular weight excluding hydrogens is 424 g/mol. The van der Waals surface area contributed by atoms with Gasteiger partial charge in [0.2, 0.25) is 11.8 Å². The van der Waals surface area contributed by atoms with Gasteiger partial charge in [-0.1, -0.05) is 6.07 Å². The van der Waals surface area contributed by atoms with Gasteiger partial charge in [0, 0.05) is 25.6 Å². The predicted octanol–water partition coefficient (Wildman–Crippen LogP) is 2.63. The van der Waals surface area contributed by atoms with Gasteiger partial charge < -0.3 is 30.0 Å². The monoisotopic (exact) mass is 454 g/mol. The summed E-state index contributed by atoms with van der Waals surface area (Å²) in [5.74, 6) is 1.62. The number of nitrogens with zero attached hydrogens (tertiary/aromatic N) is 2. The topological polar surface area (TPSA) is 133 Å². The minimum atomic E-state index is -0.710. The molecule has 176 valence electrons. The van der Waals surface area contributed by atoms with Crippen molar-refractivity contribution in [3.8, 4) is 23.0 Å². The van der Waals surface area contributed by atoms with Crippen molar-refractivity contribution in [3.63, 3.8) is 0 Å². The Morgan fingerprint density at radius 3 is 2.70 bits per heavy atom. The molecule has 0 saturated carbocycles. The summed E-state index contributed by atoms with van der Waals surface area (Å²) in [7, 11) is 1.61. The SMILES string of the molecule is CCOc1cc(-c2nnc(C)o2)ccc1C(=O)NC[C@@H](O)CCc1ccc(OC)cc1CN. The van der Waals surface area contributed by atoms with Gasteiger partial charge in [-0.15, -0.1) is 10.2 Å². The lowest BCUT2D eigenvalue weighted by molar-refractivity contribution is 0.0907. The van der Waals surface area contributed by atoms with Crippen molar-refractivity contribution in [2.75, 3.05) is 20.3 Å². The van der Waals surface area contributed by atoms with E-state index in [0.717, 1.165) is 16.9 Å². The normalized spacial score (nSPS) is 11.8. The number of methoxy groups -OCH3 is 1. The average molecular weight is 455 g/mol. The van der Waals surface area contributed by atoms with Crippen molar-refractivity contribution >= 4 is 5.91 Å². The number of nitrogens with one attached hydrogen (secondary N) is 1. The van der Waals surface area contributed by atoms with Gasteiger partial charge in [0.15, 0.2) is 0 Å². The van der Waals surface area contributed by atoms with Crippen LogP contribution in [-0.2, 0) is 13.0 Å². The van der Waals surface area contributed by atoms with Gasteiger partial charge in [0.1, 0.15) is 11.5 Å². The molecule has 0 aliphatic heterocycles. The molecule has 0 radical (unpaired) electrons. The van der Waals surface area contributed by atoms with E-state index in [2.05, 4.69) is 15.5 Å². The van der Waals surface area contributed by atoms with Crippen LogP contribution in [0.5, 0.6) is 11.5 Å². The molecule has 3 aromatic rings. The Kier molecular flexibility index (Phi) is 8.39. The fraction of sp³-hybridized carbons (Fsp3) is 0.375. The van der Waals surface area contributed by atoms with E-state index in [-0.39, 0.29) is 12.5 Å². The number of benzene rings is 2. The highest BCUT2D eigenvalue weighted by atomic mass is 16.5. The molecule has 2 aromatic carbocycles. The quantitative estimate of drug-likeness (QED) is 0.403. The van der Waals surface area contributed by atoms with Crippen molar-refractivity contribution in [3.05, 3.63) is 59.0 Å². The molecular formula is C24H30N4O5. The number of hydrogen-bond acceptors (Lipinski definition) is 8. The number of carbonyl (C=O) groups is 1. The Balaban J connectivity index is 1.60. The summed E-state index contributed by atoms with van der Waals surface area (Å²) in [6.45, 7) is 4.44. The molecule has 0 aliphatic carbocycles. The van der Waals surface area contributed by atoms with Crippen molar-refractivity contribution in [1.29, 1.82) is 0 Å². The molecule has 9 nitrogen and oxygen atoms in total. The maximum atomic E-state index is 12.8. The number of aliphatic hydroxyl groups excluding tert-OH is 1. The second-order valence-corrected chi connectivity index (χ2v) is 7.51. The van der Waals surface area contributed by atoms with Gasteiger partial charge >= 0.3 is 0 Å². The van der Waals surface area contributed by atoms with E-state index < -0.39 is 6.10 Å². The van der Waals surface area contributed by atoms with Gasteiger partial charge in [0.25, 0.3) is 5.91 Å². The summed E-state index contributed by atoms with van der Waals surface area (Å²) in [5, 5.41) is 21.0. The fourth-order valence-corrected chi connectivity index (χ4v) is 3.42. The van der Waals surface area contributed by atoms with Crippen molar-refractivity contribution in [1.82, 2.24) is 15.5 Å². The number of aromatic nitrogens is 2. The molecule has 33 heavy (non-hydrogen) atoms. The number of hydrogen-bond donors (Lipinski definition) is 3. The maximum Gasteiger partial charge on any atom is 0.255 e. The molecule has 4 N–H and O–H groups in total. The van der Waals surface area contributed by atoms with E-state index in [4.69, 9.17) is 19.6 Å². The zero-order chi connectivity index (χ0) is 23.8. The van der Waals surface area contributed by atoms with Crippen molar-refractivity contribution in [2.24, 2.45) is 5.73 Å². The number of rotatable bonds is 11. The molecule has 0 spiro atoms. The summed E-state index contributed by atoms with van der Waals surface area (Å²) >= 11 is 0. The van der Waals surface area contributed by atoms with E-state index in [1.807, 2.05) is 25.1 Å². The smallest absolute Gasteiger partial charge is 0.255 e. The Labute approximate surface area is 192 Å². The summed E-state index contributed by atoms with van der Waals surface area (Å²) in [6, 6.07) is 10.8. The zero-order valence-corrected chi connectivity index (χ0v) is 19.1. The average Bonchev–Trinajstić information content (AvgIpc) is 3.27. The minimum absolute atomic E-state index is 0.114. The number of carbonyl (C=O) groups excluding carboxylic acids is 1. The molecule has 1 aromatic heterocycles. The van der Waals surface area contributed by atoms with Crippen molar-refractivity contribution in [2.45, 2.75) is 39.3 Å². The first kappa shape index (κ1) is 24.2. The Morgan fingerprint density at radius 2 is 2.03 bits per heavy atom. The highest BCUT2D eigenvalue weighted by molar-refractivity contribution is 5.97. The molecule has 0 unspecified atom stereocenters. The Hall–Kier alpha value is -3.43. The van der Waals surface area contributed by atoms with Gasteiger partial charge in [0.05, 0.1) is 25.4 Å². The van der Waals surface area contributed by atoms with Gasteiger partial charge in [-0.25, -0.2) is 0 Å². The third kappa shape index (κ3) is 6.30. The lowest BCUT2D eigenvalue weighted by Crippen LogP contribution is -2.32. The molecule has 1 heterocycles. The van der Waals surface area contributed by atoms with Crippen LogP contribution < -0.4 is 20.5 Å². The zero-order valence-electron chi connectivity index (χ0n) is 19.1. The van der Waals surface area contributed by atoms with Crippen LogP contribution in [-0.4, -0.2) is 47.6 Å². The van der Waals surface area contributed by atoms with Crippen LogP contribution in [0.1, 0.15) is 40.7 Å². The second-order valence-electron chi connectivity index (χ2n) is 7.51. The molecule has 1 amide bonds. The predicted molar refractivity (Wildman–Crippen MR) is 123 cm³/mol. The van der Waals surface area contributed by atoms with Gasteiger partial charge in [-0.2, -0.15) is 0 Å². The molecule has 3 rings (SSSR count). The van der Waals surface area contributed by atoms with E-state index in [0.29, 0.717) is 54.7 Å². The molecule has 1 atom stereocenters. The van der Waals surface area contributed by atoms with Crippen LogP contribution in [0.4, 0.5) is 0 Å². The fourth-order valence-electron chi connectivity index (χ4n) is 3.42. The van der Waals surface area contributed by atoms with Gasteiger partial charge in [-0.05, 0) is 61.2 Å². The standard InChI is InChI=1S/C24H30N4O5/c1-4-32-22-12-17(24-28-27-15(2)33-24)7-10-21(22)23(30)26-14-19(29)8-5-16-6-9-20(31-3)11-18(16)13-25/h6-7,9-12,19,29H,4-5,8,13-14,25H2,1-3H3,(H,26,30)/t19-/m0/s1. The van der Waals surface area contributed by atoms with E-state index in [1.54, 1.807) is 32.2 Å². The first-order valence-electron chi connectivity index (χ1n) is 10.8. The number of aliphatic hydroxyl groups is 1. The summed E-state index contributed by atoms with van der Waals surface area (Å²) in [6.07, 6.45) is 0.404. The van der Waals surface area contributed by atoms with Crippen LogP contribution >= 0.6 is 0 Å². The summed E-state index contributed by atoms with van der Waals surface area (Å²) in [5.41, 5.74) is 8.88. The van der Waals surface area contributed by atoms with Crippen LogP contribution in [0, 0.1) is 6.92 Å². The van der Waals surface area contributed by atoms with Crippen LogP contribution in [0.3, 0.4) is 0 Å². The Morgan fingerprint density at radius 1 is 1.21 bits per heavy atom. The molecule has 0 fully saturated rings. The summed E-state index contributed by atoms with van der Waals surface area (Å²) < 4.78 is 16.3. The van der Waals surface area contributed by atoms with Crippen LogP contribution in [0.2, 0.25) is 0 Å². The number of nitrogens with two attached hydrogens (primary N) is 1. The number of amides is 1. The van der Waals surface area contributed by atoms with E-state index in [9.17, 15) is 9.90 Å². The van der Waals surface area contributed by atoms with E-state index in [1.165, 1.54) is 0 Å². The number of aryl methyl sites for hydroxylation is 2. The second kappa shape index (κ2) is 11.4. The lowest BCUT2D eigenvalue weighted by atomic mass is 10.0. The number of ether oxygens (including phenoxy) is 2. The molecule has 0 saturated heterocycles. The molecule has 0 aliphatic rings. The molecule has 0 bridgehead atoms. The largest absolute Gasteiger partial charge is 0.497 e. The van der Waals surface area contributed by atoms with Crippen LogP contribution in [0.15, 0.2) is 40.8 Å². The summed E-state index contributed by atoms with van der Waals surface area (Å²) in [4.78, 5) is 12.8. The van der Waals surface area contributed by atoms with Crippen LogP contribution in [0.25, 0.3) is 11.5 Å². The highest BCUT2D eigenvalue weighted by Crippen LogP contribution is 2.27. The highest BCUT2D eigenvalue weighted by Gasteiger charge is 2.17. The first-order chi connectivity index (χ1) is 15.9. The third-order valence-electron chi connectivity index (χ3n) is 5.18. The molecule has 9 heteroatoms. The first-order valence-corrected chi connectivity index (χ1v) is 10.8. The third-order valence-corrected chi connectivity index (χ3v) is 5.18. The Bertz CT molecular complexity index is 1080. The van der Waals surface area contributed by atoms with Gasteiger partial charge in [-0.3, -0.25) is 4.79 Å². The van der Waals surface area contributed by atoms with Crippen molar-refractivity contribution < 1.29 is 23.8 Å².